The zero-order chi connectivity index (χ0) is 21.7. The van der Waals surface area contributed by atoms with E-state index in [9.17, 15) is 4.79 Å². The molecule has 5 rings (SSSR count). The number of hydrogen-bond donors (Lipinski definition) is 0. The summed E-state index contributed by atoms with van der Waals surface area (Å²) in [6.07, 6.45) is 4.11. The van der Waals surface area contributed by atoms with Crippen molar-refractivity contribution < 1.29 is 14.1 Å². The van der Waals surface area contributed by atoms with E-state index in [1.54, 1.807) is 6.07 Å². The molecule has 2 heterocycles. The quantitative estimate of drug-likeness (QED) is 0.366. The Bertz CT molecular complexity index is 1290. The van der Waals surface area contributed by atoms with Crippen molar-refractivity contribution >= 4 is 28.8 Å². The maximum absolute atomic E-state index is 11.2. The first-order valence-electron chi connectivity index (χ1n) is 10.3. The molecule has 1 fully saturated rings. The zero-order valence-electron chi connectivity index (χ0n) is 17.5. The molecule has 0 N–H and O–H groups in total. The van der Waals surface area contributed by atoms with Gasteiger partial charge in [-0.1, -0.05) is 28.9 Å². The average Bonchev–Trinajstić information content (AvgIpc) is 3.22. The first-order chi connectivity index (χ1) is 15.0. The second-order valence-electron chi connectivity index (χ2n) is 8.27. The number of halogens is 1. The molecular weight excluding hydrogens is 414 g/mol. The van der Waals surface area contributed by atoms with Crippen LogP contribution in [0.5, 0.6) is 5.75 Å². The Labute approximate surface area is 184 Å². The fourth-order valence-electron chi connectivity index (χ4n) is 4.13. The molecule has 0 saturated heterocycles. The van der Waals surface area contributed by atoms with E-state index in [0.717, 1.165) is 34.7 Å². The van der Waals surface area contributed by atoms with Crippen LogP contribution in [0.15, 0.2) is 47.1 Å². The van der Waals surface area contributed by atoms with Gasteiger partial charge >= 0.3 is 0 Å². The minimum absolute atomic E-state index is 0.0338. The van der Waals surface area contributed by atoms with Crippen molar-refractivity contribution in [2.45, 2.75) is 32.3 Å². The lowest BCUT2D eigenvalue weighted by Gasteiger charge is -2.11. The number of hydrogen-bond acceptors (Lipinski definition) is 5. The highest BCUT2D eigenvalue weighted by Crippen LogP contribution is 2.49. The molecule has 1 aliphatic carbocycles. The molecule has 2 aromatic carbocycles. The van der Waals surface area contributed by atoms with Gasteiger partial charge in [-0.25, -0.2) is 0 Å². The molecule has 31 heavy (non-hydrogen) atoms. The van der Waals surface area contributed by atoms with Gasteiger partial charge in [0.25, 0.3) is 5.89 Å². The number of aldehydes is 1. The van der Waals surface area contributed by atoms with Crippen LogP contribution in [0.1, 0.15) is 31.7 Å². The van der Waals surface area contributed by atoms with Crippen LogP contribution in [0.4, 0.5) is 0 Å². The normalized spacial score (nSPS) is 18.0. The lowest BCUT2D eigenvalue weighted by Crippen LogP contribution is -2.05. The smallest absolute Gasteiger partial charge is 0.258 e. The van der Waals surface area contributed by atoms with Crippen molar-refractivity contribution in [1.82, 2.24) is 14.7 Å². The summed E-state index contributed by atoms with van der Waals surface area (Å²) in [6.45, 7) is 3.90. The van der Waals surface area contributed by atoms with Crippen molar-refractivity contribution in [1.29, 1.82) is 0 Å². The van der Waals surface area contributed by atoms with Crippen molar-refractivity contribution in [3.05, 3.63) is 53.2 Å². The Hall–Kier alpha value is -3.12. The van der Waals surface area contributed by atoms with Gasteiger partial charge in [0.05, 0.1) is 16.6 Å². The standard InChI is InChI=1S/C24H22ClN3O3/c1-13(2)30-21-8-7-14(10-20(21)25)24-26-23(27-31-24)17-6-4-5-16-19(11-28(3)22(16)17)18-9-15(18)12-29/h4-8,10-13,15,18H,9H2,1-3H3/t15-,18-/m0/s1. The van der Waals surface area contributed by atoms with E-state index in [0.29, 0.717) is 28.4 Å². The minimum Gasteiger partial charge on any atom is -0.489 e. The van der Waals surface area contributed by atoms with E-state index in [1.807, 2.05) is 45.2 Å². The van der Waals surface area contributed by atoms with Gasteiger partial charge in [0.1, 0.15) is 12.0 Å². The minimum atomic E-state index is 0.0338. The second kappa shape index (κ2) is 7.54. The zero-order valence-corrected chi connectivity index (χ0v) is 18.3. The highest BCUT2D eigenvalue weighted by atomic mass is 35.5. The lowest BCUT2D eigenvalue weighted by atomic mass is 10.0. The van der Waals surface area contributed by atoms with Crippen LogP contribution in [-0.4, -0.2) is 27.1 Å². The van der Waals surface area contributed by atoms with E-state index >= 15 is 0 Å². The first kappa shape index (κ1) is 19.8. The van der Waals surface area contributed by atoms with Gasteiger partial charge in [-0.05, 0) is 56.0 Å². The van der Waals surface area contributed by atoms with Crippen molar-refractivity contribution in [3.8, 4) is 28.6 Å². The summed E-state index contributed by atoms with van der Waals surface area (Å²) in [5.74, 6) is 1.94. The number of ether oxygens (including phenoxy) is 1. The maximum Gasteiger partial charge on any atom is 0.258 e. The number of carbonyl (C=O) groups is 1. The summed E-state index contributed by atoms with van der Waals surface area (Å²) in [7, 11) is 2.00. The highest BCUT2D eigenvalue weighted by molar-refractivity contribution is 6.32. The molecule has 0 bridgehead atoms. The monoisotopic (exact) mass is 435 g/mol. The number of rotatable bonds is 6. The Morgan fingerprint density at radius 1 is 1.29 bits per heavy atom. The third kappa shape index (κ3) is 3.51. The number of para-hydroxylation sites is 1. The third-order valence-electron chi connectivity index (χ3n) is 5.65. The number of aryl methyl sites for hydroxylation is 1. The first-order valence-corrected chi connectivity index (χ1v) is 10.7. The van der Waals surface area contributed by atoms with E-state index in [4.69, 9.17) is 20.9 Å². The summed E-state index contributed by atoms with van der Waals surface area (Å²) >= 11 is 6.37. The topological polar surface area (TPSA) is 70.2 Å². The molecule has 158 valence electrons. The van der Waals surface area contributed by atoms with Crippen LogP contribution in [0.2, 0.25) is 5.02 Å². The highest BCUT2D eigenvalue weighted by Gasteiger charge is 2.40. The molecule has 0 radical (unpaired) electrons. The molecule has 2 aromatic heterocycles. The number of fused-ring (bicyclic) bond motifs is 1. The average molecular weight is 436 g/mol. The van der Waals surface area contributed by atoms with Crippen LogP contribution < -0.4 is 4.74 Å². The second-order valence-corrected chi connectivity index (χ2v) is 8.68. The van der Waals surface area contributed by atoms with E-state index in [2.05, 4.69) is 27.0 Å². The Morgan fingerprint density at radius 3 is 2.84 bits per heavy atom. The van der Waals surface area contributed by atoms with Gasteiger partial charge in [-0.3, -0.25) is 0 Å². The number of nitrogens with zero attached hydrogens (tertiary/aromatic N) is 3. The molecule has 1 saturated carbocycles. The molecule has 0 amide bonds. The van der Waals surface area contributed by atoms with Crippen molar-refractivity contribution in [3.63, 3.8) is 0 Å². The Kier molecular flexibility index (Phi) is 4.82. The summed E-state index contributed by atoms with van der Waals surface area (Å²) in [6, 6.07) is 11.5. The fourth-order valence-corrected chi connectivity index (χ4v) is 4.36. The van der Waals surface area contributed by atoms with Crippen LogP contribution in [-0.2, 0) is 11.8 Å². The molecule has 6 nitrogen and oxygen atoms in total. The Balaban J connectivity index is 1.52. The van der Waals surface area contributed by atoms with Crippen LogP contribution >= 0.6 is 11.6 Å². The number of carbonyl (C=O) groups excluding carboxylic acids is 1. The van der Waals surface area contributed by atoms with Gasteiger partial charge in [0, 0.05) is 35.7 Å². The SMILES string of the molecule is CC(C)Oc1ccc(-c2nc(-c3cccc4c([C@H]5C[C@H]5C=O)cn(C)c34)no2)cc1Cl. The molecule has 0 spiro atoms. The summed E-state index contributed by atoms with van der Waals surface area (Å²) in [5.41, 5.74) is 3.84. The van der Waals surface area contributed by atoms with Crippen molar-refractivity contribution in [2.24, 2.45) is 13.0 Å². The van der Waals surface area contributed by atoms with Crippen molar-refractivity contribution in [2.75, 3.05) is 0 Å². The van der Waals surface area contributed by atoms with Crippen LogP contribution in [0, 0.1) is 5.92 Å². The molecule has 0 unspecified atom stereocenters. The van der Waals surface area contributed by atoms with Crippen LogP contribution in [0.25, 0.3) is 33.7 Å². The molecule has 2 atom stereocenters. The van der Waals surface area contributed by atoms with E-state index in [1.165, 1.54) is 5.56 Å². The van der Waals surface area contributed by atoms with Crippen LogP contribution in [0.3, 0.4) is 0 Å². The number of benzene rings is 2. The molecule has 4 aromatic rings. The Morgan fingerprint density at radius 2 is 2.13 bits per heavy atom. The predicted molar refractivity (Wildman–Crippen MR) is 119 cm³/mol. The van der Waals surface area contributed by atoms with E-state index < -0.39 is 0 Å². The van der Waals surface area contributed by atoms with Gasteiger partial charge in [-0.15, -0.1) is 0 Å². The van der Waals surface area contributed by atoms with Gasteiger partial charge in [-0.2, -0.15) is 4.98 Å². The third-order valence-corrected chi connectivity index (χ3v) is 5.95. The number of aromatic nitrogens is 3. The lowest BCUT2D eigenvalue weighted by molar-refractivity contribution is -0.108. The maximum atomic E-state index is 11.2. The molecule has 0 aliphatic heterocycles. The largest absolute Gasteiger partial charge is 0.489 e. The van der Waals surface area contributed by atoms with Gasteiger partial charge < -0.3 is 18.6 Å². The molecule has 7 heteroatoms. The van der Waals surface area contributed by atoms with Gasteiger partial charge in [0.2, 0.25) is 5.82 Å². The van der Waals surface area contributed by atoms with Gasteiger partial charge in [0.15, 0.2) is 0 Å². The predicted octanol–water partition coefficient (Wildman–Crippen LogP) is 5.64. The fraction of sp³-hybridized carbons (Fsp3) is 0.292. The summed E-state index contributed by atoms with van der Waals surface area (Å²) in [4.78, 5) is 15.8. The molecular formula is C24H22ClN3O3. The summed E-state index contributed by atoms with van der Waals surface area (Å²) in [5, 5.41) is 5.84. The summed E-state index contributed by atoms with van der Waals surface area (Å²) < 4.78 is 13.3. The van der Waals surface area contributed by atoms with E-state index in [-0.39, 0.29) is 12.0 Å². The molecule has 1 aliphatic rings.